The molecule has 6 heteroatoms. The average Bonchev–Trinajstić information content (AvgIpc) is 2.15. The van der Waals surface area contributed by atoms with Gasteiger partial charge in [-0.2, -0.15) is 0 Å². The maximum Gasteiger partial charge on any atom is 0.236 e. The Balaban J connectivity index is 0.00000256. The molecule has 0 aliphatic carbocycles. The van der Waals surface area contributed by atoms with Crippen LogP contribution in [-0.4, -0.2) is 18.5 Å². The fourth-order valence-electron chi connectivity index (χ4n) is 1.25. The highest BCUT2D eigenvalue weighted by Gasteiger charge is 2.06. The normalized spacial score (nSPS) is 11.5. The van der Waals surface area contributed by atoms with Crippen molar-refractivity contribution in [3.05, 3.63) is 35.4 Å². The first-order valence-corrected chi connectivity index (χ1v) is 4.97. The molecule has 0 fully saturated rings. The molecule has 1 rings (SSSR count). The minimum Gasteiger partial charge on any atom is -0.354 e. The molecule has 1 amide bonds. The highest BCUT2D eigenvalue weighted by Crippen LogP contribution is 2.07. The first-order chi connectivity index (χ1) is 7.49. The molecule has 0 saturated carbocycles. The lowest BCUT2D eigenvalue weighted by Gasteiger charge is -2.07. The lowest BCUT2D eigenvalue weighted by Crippen LogP contribution is -2.39. The van der Waals surface area contributed by atoms with E-state index in [-0.39, 0.29) is 18.3 Å². The van der Waals surface area contributed by atoms with E-state index < -0.39 is 17.7 Å². The van der Waals surface area contributed by atoms with Crippen molar-refractivity contribution in [1.82, 2.24) is 5.32 Å². The van der Waals surface area contributed by atoms with Gasteiger partial charge >= 0.3 is 0 Å². The predicted molar refractivity (Wildman–Crippen MR) is 64.0 cm³/mol. The number of nitrogens with one attached hydrogen (secondary N) is 1. The van der Waals surface area contributed by atoms with Gasteiger partial charge in [0.15, 0.2) is 0 Å². The van der Waals surface area contributed by atoms with Crippen molar-refractivity contribution in [3.8, 4) is 0 Å². The van der Waals surface area contributed by atoms with E-state index in [1.165, 1.54) is 12.1 Å². The van der Waals surface area contributed by atoms with Gasteiger partial charge in [-0.3, -0.25) is 4.79 Å². The third-order valence-corrected chi connectivity index (χ3v) is 2.05. The molecular formula is C11H15ClF2N2O. The van der Waals surface area contributed by atoms with Crippen LogP contribution in [0.3, 0.4) is 0 Å². The molecule has 1 aromatic carbocycles. The molecule has 3 nitrogen and oxygen atoms in total. The fraction of sp³-hybridized carbons (Fsp3) is 0.364. The SMILES string of the molecule is C[C@H](N)C(=O)NCCc1cc(F)cc(F)c1.Cl. The zero-order chi connectivity index (χ0) is 12.1. The van der Waals surface area contributed by atoms with Gasteiger partial charge < -0.3 is 11.1 Å². The van der Waals surface area contributed by atoms with Gasteiger partial charge in [-0.15, -0.1) is 12.4 Å². The molecule has 0 saturated heterocycles. The smallest absolute Gasteiger partial charge is 0.236 e. The molecular weight excluding hydrogens is 250 g/mol. The van der Waals surface area contributed by atoms with Crippen LogP contribution in [0, 0.1) is 11.6 Å². The van der Waals surface area contributed by atoms with E-state index in [0.717, 1.165) is 6.07 Å². The Bertz CT molecular complexity index is 365. The number of hydrogen-bond donors (Lipinski definition) is 2. The Morgan fingerprint density at radius 3 is 2.35 bits per heavy atom. The molecule has 3 N–H and O–H groups in total. The third kappa shape index (κ3) is 5.60. The molecule has 0 radical (unpaired) electrons. The van der Waals surface area contributed by atoms with E-state index in [1.54, 1.807) is 6.92 Å². The fourth-order valence-corrected chi connectivity index (χ4v) is 1.25. The van der Waals surface area contributed by atoms with Gasteiger partial charge in [0.05, 0.1) is 6.04 Å². The molecule has 1 atom stereocenters. The summed E-state index contributed by atoms with van der Waals surface area (Å²) in [6, 6.07) is 2.70. The summed E-state index contributed by atoms with van der Waals surface area (Å²) in [4.78, 5) is 11.1. The number of amides is 1. The molecule has 0 heterocycles. The van der Waals surface area contributed by atoms with Gasteiger partial charge in [0.25, 0.3) is 0 Å². The van der Waals surface area contributed by atoms with Crippen LogP contribution in [0.25, 0.3) is 0 Å². The van der Waals surface area contributed by atoms with Crippen molar-refractivity contribution in [1.29, 1.82) is 0 Å². The van der Waals surface area contributed by atoms with Crippen LogP contribution in [0.15, 0.2) is 18.2 Å². The molecule has 96 valence electrons. The first kappa shape index (κ1) is 15.8. The van der Waals surface area contributed by atoms with Crippen LogP contribution in [0.2, 0.25) is 0 Å². The second kappa shape index (κ2) is 7.19. The maximum absolute atomic E-state index is 12.8. The number of benzene rings is 1. The standard InChI is InChI=1S/C11H14F2N2O.ClH/c1-7(14)11(16)15-3-2-8-4-9(12)6-10(13)5-8;/h4-7H,2-3,14H2,1H3,(H,15,16);1H/t7-;/m0./s1. The highest BCUT2D eigenvalue weighted by atomic mass is 35.5. The summed E-state index contributed by atoms with van der Waals surface area (Å²) in [6.45, 7) is 1.88. The summed E-state index contributed by atoms with van der Waals surface area (Å²) in [7, 11) is 0. The van der Waals surface area contributed by atoms with E-state index in [2.05, 4.69) is 5.32 Å². The average molecular weight is 265 g/mol. The van der Waals surface area contributed by atoms with Crippen LogP contribution in [-0.2, 0) is 11.2 Å². The molecule has 17 heavy (non-hydrogen) atoms. The van der Waals surface area contributed by atoms with Crippen molar-refractivity contribution in [3.63, 3.8) is 0 Å². The summed E-state index contributed by atoms with van der Waals surface area (Å²) in [5, 5.41) is 2.56. The summed E-state index contributed by atoms with van der Waals surface area (Å²) < 4.78 is 25.6. The van der Waals surface area contributed by atoms with Gasteiger partial charge in [-0.25, -0.2) is 8.78 Å². The molecule has 0 aliphatic rings. The molecule has 0 unspecified atom stereocenters. The van der Waals surface area contributed by atoms with E-state index in [4.69, 9.17) is 5.73 Å². The van der Waals surface area contributed by atoms with Crippen molar-refractivity contribution in [2.24, 2.45) is 5.73 Å². The number of halogens is 3. The zero-order valence-corrected chi connectivity index (χ0v) is 10.2. The molecule has 0 bridgehead atoms. The largest absolute Gasteiger partial charge is 0.354 e. The van der Waals surface area contributed by atoms with E-state index in [1.807, 2.05) is 0 Å². The third-order valence-electron chi connectivity index (χ3n) is 2.05. The van der Waals surface area contributed by atoms with Crippen molar-refractivity contribution < 1.29 is 13.6 Å². The predicted octanol–water partition coefficient (Wildman–Crippen LogP) is 1.39. The number of rotatable bonds is 4. The van der Waals surface area contributed by atoms with Gasteiger partial charge in [0.1, 0.15) is 11.6 Å². The Morgan fingerprint density at radius 2 is 1.88 bits per heavy atom. The van der Waals surface area contributed by atoms with Crippen LogP contribution < -0.4 is 11.1 Å². The van der Waals surface area contributed by atoms with Crippen LogP contribution in [0.5, 0.6) is 0 Å². The lowest BCUT2D eigenvalue weighted by molar-refractivity contribution is -0.121. The van der Waals surface area contributed by atoms with Gasteiger partial charge in [-0.05, 0) is 31.0 Å². The summed E-state index contributed by atoms with van der Waals surface area (Å²) in [6.07, 6.45) is 0.368. The van der Waals surface area contributed by atoms with Crippen molar-refractivity contribution in [2.45, 2.75) is 19.4 Å². The molecule has 0 aromatic heterocycles. The lowest BCUT2D eigenvalue weighted by atomic mass is 10.1. The van der Waals surface area contributed by atoms with Gasteiger partial charge in [0, 0.05) is 12.6 Å². The topological polar surface area (TPSA) is 55.1 Å². The Hall–Kier alpha value is -1.20. The Labute approximate surface area is 105 Å². The summed E-state index contributed by atoms with van der Waals surface area (Å²) >= 11 is 0. The van der Waals surface area contributed by atoms with E-state index in [9.17, 15) is 13.6 Å². The Morgan fingerprint density at radius 1 is 1.35 bits per heavy atom. The van der Waals surface area contributed by atoms with Crippen molar-refractivity contribution in [2.75, 3.05) is 6.54 Å². The quantitative estimate of drug-likeness (QED) is 0.864. The van der Waals surface area contributed by atoms with Gasteiger partial charge in [0.2, 0.25) is 5.91 Å². The van der Waals surface area contributed by atoms with Crippen LogP contribution in [0.4, 0.5) is 8.78 Å². The number of carbonyl (C=O) groups is 1. The monoisotopic (exact) mass is 264 g/mol. The first-order valence-electron chi connectivity index (χ1n) is 4.97. The molecule has 0 spiro atoms. The molecule has 1 aromatic rings. The number of nitrogens with two attached hydrogens (primary N) is 1. The number of carbonyl (C=O) groups excluding carboxylic acids is 1. The Kier molecular flexibility index (Phi) is 6.68. The maximum atomic E-state index is 12.8. The van der Waals surface area contributed by atoms with Gasteiger partial charge in [-0.1, -0.05) is 0 Å². The highest BCUT2D eigenvalue weighted by molar-refractivity contribution is 5.85. The van der Waals surface area contributed by atoms with Crippen molar-refractivity contribution >= 4 is 18.3 Å². The van der Waals surface area contributed by atoms with E-state index in [0.29, 0.717) is 18.5 Å². The minimum absolute atomic E-state index is 0. The molecule has 0 aliphatic heterocycles. The second-order valence-corrected chi connectivity index (χ2v) is 3.61. The van der Waals surface area contributed by atoms with Crippen LogP contribution in [0.1, 0.15) is 12.5 Å². The second-order valence-electron chi connectivity index (χ2n) is 3.61. The summed E-state index contributed by atoms with van der Waals surface area (Å²) in [5.41, 5.74) is 5.83. The minimum atomic E-state index is -0.617. The number of hydrogen-bond acceptors (Lipinski definition) is 2. The van der Waals surface area contributed by atoms with Crippen LogP contribution >= 0.6 is 12.4 Å². The zero-order valence-electron chi connectivity index (χ0n) is 9.37. The summed E-state index contributed by atoms with van der Waals surface area (Å²) in [5.74, 6) is -1.51. The van der Waals surface area contributed by atoms with E-state index >= 15 is 0 Å².